The fraction of sp³-hybridized carbons (Fsp3) is 0.538. The Balaban J connectivity index is 2.12. The van der Waals surface area contributed by atoms with E-state index in [1.54, 1.807) is 0 Å². The zero-order valence-corrected chi connectivity index (χ0v) is 10.7. The van der Waals surface area contributed by atoms with Gasteiger partial charge in [-0.05, 0) is 12.8 Å². The summed E-state index contributed by atoms with van der Waals surface area (Å²) < 4.78 is 6.03. The summed E-state index contributed by atoms with van der Waals surface area (Å²) in [4.78, 5) is 11.6. The van der Waals surface area contributed by atoms with Crippen LogP contribution in [0.2, 0.25) is 0 Å². The molecule has 1 amide bonds. The van der Waals surface area contributed by atoms with Crippen LogP contribution in [0.4, 0.5) is 0 Å². The van der Waals surface area contributed by atoms with Gasteiger partial charge in [-0.15, -0.1) is 0 Å². The van der Waals surface area contributed by atoms with Gasteiger partial charge < -0.3 is 15.3 Å². The molecule has 0 saturated heterocycles. The third kappa shape index (κ3) is 5.63. The second-order valence-electron chi connectivity index (χ2n) is 4.02. The molecule has 0 radical (unpaired) electrons. The van der Waals surface area contributed by atoms with Gasteiger partial charge in [-0.2, -0.15) is 4.73 Å². The van der Waals surface area contributed by atoms with Gasteiger partial charge in [0.25, 0.3) is 5.91 Å². The van der Waals surface area contributed by atoms with Crippen LogP contribution in [0.15, 0.2) is 24.5 Å². The van der Waals surface area contributed by atoms with Gasteiger partial charge >= 0.3 is 0 Å². The van der Waals surface area contributed by atoms with E-state index in [1.165, 1.54) is 24.5 Å². The lowest BCUT2D eigenvalue weighted by atomic mass is 10.2. The lowest BCUT2D eigenvalue weighted by Gasteiger charge is -2.05. The van der Waals surface area contributed by atoms with Crippen molar-refractivity contribution in [3.8, 4) is 0 Å². The lowest BCUT2D eigenvalue weighted by molar-refractivity contribution is -0.605. The summed E-state index contributed by atoms with van der Waals surface area (Å²) >= 11 is 0. The third-order valence-electron chi connectivity index (χ3n) is 2.46. The summed E-state index contributed by atoms with van der Waals surface area (Å²) in [5.41, 5.74) is 0.494. The molecule has 0 aromatic carbocycles. The van der Waals surface area contributed by atoms with Crippen LogP contribution in [0.25, 0.3) is 0 Å². The van der Waals surface area contributed by atoms with Crippen LogP contribution in [0.1, 0.15) is 36.5 Å². The molecule has 5 nitrogen and oxygen atoms in total. The second-order valence-corrected chi connectivity index (χ2v) is 4.02. The summed E-state index contributed by atoms with van der Waals surface area (Å²) in [5, 5.41) is 13.6. The van der Waals surface area contributed by atoms with Crippen molar-refractivity contribution in [1.82, 2.24) is 5.32 Å². The molecule has 0 aliphatic carbocycles. The van der Waals surface area contributed by atoms with Gasteiger partial charge in [-0.25, -0.2) is 0 Å². The van der Waals surface area contributed by atoms with Crippen molar-refractivity contribution in [3.63, 3.8) is 0 Å². The highest BCUT2D eigenvalue weighted by atomic mass is 16.5. The average Bonchev–Trinajstić information content (AvgIpc) is 2.38. The Morgan fingerprint density at radius 2 is 2.00 bits per heavy atom. The summed E-state index contributed by atoms with van der Waals surface area (Å²) in [5.74, 6) is -0.163. The monoisotopic (exact) mass is 252 g/mol. The number of ether oxygens (including phenoxy) is 1. The second kappa shape index (κ2) is 8.47. The zero-order valence-electron chi connectivity index (χ0n) is 10.7. The number of hydrogen-bond donors (Lipinski definition) is 1. The Kier molecular flexibility index (Phi) is 6.79. The largest absolute Gasteiger partial charge is 0.619 e. The van der Waals surface area contributed by atoms with E-state index in [2.05, 4.69) is 12.2 Å². The van der Waals surface area contributed by atoms with E-state index in [-0.39, 0.29) is 5.91 Å². The van der Waals surface area contributed by atoms with E-state index in [1.807, 2.05) is 0 Å². The number of carbonyl (C=O) groups is 1. The first kappa shape index (κ1) is 14.4. The van der Waals surface area contributed by atoms with Crippen LogP contribution in [0.3, 0.4) is 0 Å². The number of nitrogens with zero attached hydrogens (tertiary/aromatic N) is 1. The molecule has 18 heavy (non-hydrogen) atoms. The van der Waals surface area contributed by atoms with Gasteiger partial charge in [0.1, 0.15) is 0 Å². The molecular weight excluding hydrogens is 232 g/mol. The zero-order chi connectivity index (χ0) is 13.2. The Morgan fingerprint density at radius 3 is 2.67 bits per heavy atom. The van der Waals surface area contributed by atoms with E-state index < -0.39 is 0 Å². The predicted molar refractivity (Wildman–Crippen MR) is 68.1 cm³/mol. The van der Waals surface area contributed by atoms with Crippen LogP contribution in [-0.2, 0) is 4.74 Å². The highest BCUT2D eigenvalue weighted by Crippen LogP contribution is 1.95. The number of pyridine rings is 1. The summed E-state index contributed by atoms with van der Waals surface area (Å²) in [7, 11) is 0. The van der Waals surface area contributed by atoms with Crippen LogP contribution < -0.4 is 10.0 Å². The van der Waals surface area contributed by atoms with E-state index in [9.17, 15) is 10.0 Å². The standard InChI is InChI=1S/C13H20N2O3/c1-2-3-10-18-11-4-7-14-13(16)12-5-8-15(17)9-6-12/h5-6,8-9H,2-4,7,10-11H2,1H3,(H,14,16). The van der Waals surface area contributed by atoms with Gasteiger partial charge in [0, 0.05) is 31.9 Å². The minimum atomic E-state index is -0.163. The van der Waals surface area contributed by atoms with E-state index >= 15 is 0 Å². The molecular formula is C13H20N2O3. The number of unbranched alkanes of at least 4 members (excludes halogenated alkanes) is 1. The Labute approximate surface area is 107 Å². The first-order valence-electron chi connectivity index (χ1n) is 6.29. The van der Waals surface area contributed by atoms with Gasteiger partial charge in [-0.3, -0.25) is 4.79 Å². The van der Waals surface area contributed by atoms with E-state index in [0.29, 0.717) is 23.4 Å². The molecule has 0 spiro atoms. The number of aromatic nitrogens is 1. The number of hydrogen-bond acceptors (Lipinski definition) is 3. The molecule has 5 heteroatoms. The summed E-state index contributed by atoms with van der Waals surface area (Å²) in [6.45, 7) is 4.15. The molecule has 0 aliphatic rings. The normalized spacial score (nSPS) is 10.3. The maximum Gasteiger partial charge on any atom is 0.251 e. The lowest BCUT2D eigenvalue weighted by Crippen LogP contribution is -2.28. The van der Waals surface area contributed by atoms with Crippen molar-refractivity contribution in [2.45, 2.75) is 26.2 Å². The first-order chi connectivity index (χ1) is 8.74. The van der Waals surface area contributed by atoms with Crippen LogP contribution in [-0.4, -0.2) is 25.7 Å². The number of rotatable bonds is 8. The van der Waals surface area contributed by atoms with Crippen molar-refractivity contribution < 1.29 is 14.3 Å². The molecule has 1 heterocycles. The molecule has 100 valence electrons. The van der Waals surface area contributed by atoms with Gasteiger partial charge in [0.15, 0.2) is 12.4 Å². The highest BCUT2D eigenvalue weighted by Gasteiger charge is 2.05. The number of amides is 1. The molecule has 1 rings (SSSR count). The molecule has 0 aliphatic heterocycles. The molecule has 1 aromatic heterocycles. The molecule has 0 saturated carbocycles. The van der Waals surface area contributed by atoms with Crippen molar-refractivity contribution in [2.75, 3.05) is 19.8 Å². The van der Waals surface area contributed by atoms with Crippen LogP contribution in [0, 0.1) is 5.21 Å². The van der Waals surface area contributed by atoms with E-state index in [4.69, 9.17) is 4.74 Å². The smallest absolute Gasteiger partial charge is 0.251 e. The Hall–Kier alpha value is -1.62. The topological polar surface area (TPSA) is 65.3 Å². The fourth-order valence-corrected chi connectivity index (χ4v) is 1.39. The quantitative estimate of drug-likeness (QED) is 0.430. The van der Waals surface area contributed by atoms with E-state index in [0.717, 1.165) is 25.9 Å². The Bertz CT molecular complexity index is 352. The minimum absolute atomic E-state index is 0.163. The minimum Gasteiger partial charge on any atom is -0.619 e. The van der Waals surface area contributed by atoms with Gasteiger partial charge in [-0.1, -0.05) is 13.3 Å². The predicted octanol–water partition coefficient (Wildman–Crippen LogP) is 1.26. The molecule has 0 bridgehead atoms. The molecule has 1 aromatic rings. The van der Waals surface area contributed by atoms with Crippen molar-refractivity contribution in [3.05, 3.63) is 35.3 Å². The third-order valence-corrected chi connectivity index (χ3v) is 2.46. The highest BCUT2D eigenvalue weighted by molar-refractivity contribution is 5.93. The maximum absolute atomic E-state index is 11.6. The Morgan fingerprint density at radius 1 is 1.33 bits per heavy atom. The van der Waals surface area contributed by atoms with Crippen LogP contribution in [0.5, 0.6) is 0 Å². The number of carbonyl (C=O) groups excluding carboxylic acids is 1. The van der Waals surface area contributed by atoms with Crippen molar-refractivity contribution in [2.24, 2.45) is 0 Å². The molecule has 0 atom stereocenters. The maximum atomic E-state index is 11.6. The van der Waals surface area contributed by atoms with Crippen LogP contribution >= 0.6 is 0 Å². The summed E-state index contributed by atoms with van der Waals surface area (Å²) in [6, 6.07) is 3.00. The SMILES string of the molecule is CCCCOCCCNC(=O)c1cc[n+]([O-])cc1. The van der Waals surface area contributed by atoms with Gasteiger partial charge in [0.2, 0.25) is 0 Å². The molecule has 0 fully saturated rings. The van der Waals surface area contributed by atoms with Gasteiger partial charge in [0.05, 0.1) is 5.56 Å². The fourth-order valence-electron chi connectivity index (χ4n) is 1.39. The number of nitrogens with one attached hydrogen (secondary N) is 1. The van der Waals surface area contributed by atoms with Crippen molar-refractivity contribution >= 4 is 5.91 Å². The summed E-state index contributed by atoms with van der Waals surface area (Å²) in [6.07, 6.45) is 5.62. The van der Waals surface area contributed by atoms with Crippen molar-refractivity contribution in [1.29, 1.82) is 0 Å². The average molecular weight is 252 g/mol. The first-order valence-corrected chi connectivity index (χ1v) is 6.29. The molecule has 1 N–H and O–H groups in total. The molecule has 0 unspecified atom stereocenters.